The Labute approximate surface area is 133 Å². The number of piperidine rings is 1. The number of hydrogen-bond acceptors (Lipinski definition) is 4. The van der Waals surface area contributed by atoms with E-state index < -0.39 is 12.7 Å². The van der Waals surface area contributed by atoms with Gasteiger partial charge in [-0.25, -0.2) is 0 Å². The molecule has 1 aliphatic rings. The summed E-state index contributed by atoms with van der Waals surface area (Å²) in [6, 6.07) is 1.60. The fraction of sp³-hybridized carbons (Fsp3) is 0.667. The summed E-state index contributed by atoms with van der Waals surface area (Å²) in [5.41, 5.74) is 5.85. The zero-order chi connectivity index (χ0) is 16.9. The van der Waals surface area contributed by atoms with E-state index in [0.29, 0.717) is 36.9 Å². The summed E-state index contributed by atoms with van der Waals surface area (Å²) in [5, 5.41) is 2.80. The first-order valence-electron chi connectivity index (χ1n) is 7.72. The van der Waals surface area contributed by atoms with E-state index in [2.05, 4.69) is 5.32 Å². The number of furan rings is 1. The van der Waals surface area contributed by atoms with Gasteiger partial charge in [0.1, 0.15) is 12.0 Å². The van der Waals surface area contributed by atoms with Gasteiger partial charge in [-0.2, -0.15) is 13.2 Å². The molecule has 1 aliphatic heterocycles. The lowest BCUT2D eigenvalue weighted by atomic mass is 9.93. The number of rotatable bonds is 6. The summed E-state index contributed by atoms with van der Waals surface area (Å²) in [6.07, 6.45) is -0.530. The van der Waals surface area contributed by atoms with E-state index in [4.69, 9.17) is 10.2 Å². The average Bonchev–Trinajstić information content (AvgIpc) is 2.96. The molecule has 2 rings (SSSR count). The third kappa shape index (κ3) is 5.87. The first-order chi connectivity index (χ1) is 10.9. The van der Waals surface area contributed by atoms with Crippen molar-refractivity contribution >= 4 is 5.91 Å². The Morgan fingerprint density at radius 1 is 1.39 bits per heavy atom. The largest absolute Gasteiger partial charge is 0.467 e. The lowest BCUT2D eigenvalue weighted by Gasteiger charge is -2.32. The van der Waals surface area contributed by atoms with Crippen LogP contribution in [0.5, 0.6) is 0 Å². The molecule has 0 atom stereocenters. The molecule has 1 aromatic rings. The highest BCUT2D eigenvalue weighted by molar-refractivity contribution is 5.93. The fourth-order valence-electron chi connectivity index (χ4n) is 2.79. The van der Waals surface area contributed by atoms with Crippen LogP contribution in [0, 0.1) is 5.92 Å². The molecule has 1 amide bonds. The maximum atomic E-state index is 12.3. The molecule has 23 heavy (non-hydrogen) atoms. The summed E-state index contributed by atoms with van der Waals surface area (Å²) in [4.78, 5) is 13.3. The Bertz CT molecular complexity index is 508. The molecule has 1 aromatic heterocycles. The topological polar surface area (TPSA) is 71.5 Å². The van der Waals surface area contributed by atoms with Gasteiger partial charge in [0.2, 0.25) is 0 Å². The van der Waals surface area contributed by atoms with E-state index in [0.717, 1.165) is 19.3 Å². The van der Waals surface area contributed by atoms with Gasteiger partial charge >= 0.3 is 6.18 Å². The van der Waals surface area contributed by atoms with Gasteiger partial charge in [0, 0.05) is 6.54 Å². The molecular weight excluding hydrogens is 311 g/mol. The Morgan fingerprint density at radius 3 is 2.65 bits per heavy atom. The molecular formula is C15H22F3N3O2. The van der Waals surface area contributed by atoms with Crippen LogP contribution in [-0.4, -0.2) is 43.2 Å². The van der Waals surface area contributed by atoms with Crippen molar-refractivity contribution in [2.24, 2.45) is 11.7 Å². The van der Waals surface area contributed by atoms with Gasteiger partial charge in [0.15, 0.2) is 0 Å². The van der Waals surface area contributed by atoms with Gasteiger partial charge < -0.3 is 15.5 Å². The zero-order valence-corrected chi connectivity index (χ0v) is 12.9. The minimum atomic E-state index is -4.13. The lowest BCUT2D eigenvalue weighted by Crippen LogP contribution is -2.40. The summed E-state index contributed by atoms with van der Waals surface area (Å²) < 4.78 is 42.0. The maximum Gasteiger partial charge on any atom is 0.401 e. The van der Waals surface area contributed by atoms with E-state index >= 15 is 0 Å². The van der Waals surface area contributed by atoms with Crippen molar-refractivity contribution in [2.75, 3.05) is 26.2 Å². The van der Waals surface area contributed by atoms with E-state index in [1.807, 2.05) is 0 Å². The maximum absolute atomic E-state index is 12.3. The minimum Gasteiger partial charge on any atom is -0.467 e. The number of nitrogens with zero attached hydrogens (tertiary/aromatic N) is 1. The second kappa shape index (κ2) is 7.83. The van der Waals surface area contributed by atoms with Crippen LogP contribution in [0.1, 0.15) is 35.4 Å². The van der Waals surface area contributed by atoms with E-state index in [1.54, 1.807) is 6.07 Å². The van der Waals surface area contributed by atoms with Crippen LogP contribution < -0.4 is 11.1 Å². The van der Waals surface area contributed by atoms with Gasteiger partial charge in [0.25, 0.3) is 5.91 Å². The van der Waals surface area contributed by atoms with Crippen LogP contribution in [0.4, 0.5) is 13.2 Å². The third-order valence-electron chi connectivity index (χ3n) is 4.07. The summed E-state index contributed by atoms with van der Waals surface area (Å²) in [7, 11) is 0. The molecule has 0 unspecified atom stereocenters. The van der Waals surface area contributed by atoms with Crippen molar-refractivity contribution in [1.29, 1.82) is 0 Å². The number of halogens is 3. The van der Waals surface area contributed by atoms with Gasteiger partial charge in [-0.1, -0.05) is 0 Å². The van der Waals surface area contributed by atoms with Crippen LogP contribution in [0.15, 0.2) is 16.7 Å². The highest BCUT2D eigenvalue weighted by atomic mass is 19.4. The van der Waals surface area contributed by atoms with Crippen molar-refractivity contribution in [1.82, 2.24) is 10.2 Å². The number of nitrogens with one attached hydrogen (secondary N) is 1. The second-order valence-electron chi connectivity index (χ2n) is 5.89. The van der Waals surface area contributed by atoms with Gasteiger partial charge in [0.05, 0.1) is 18.7 Å². The van der Waals surface area contributed by atoms with Crippen molar-refractivity contribution in [2.45, 2.75) is 32.0 Å². The molecule has 0 aliphatic carbocycles. The highest BCUT2D eigenvalue weighted by Crippen LogP contribution is 2.24. The number of likely N-dealkylation sites (tertiary alicyclic amines) is 1. The molecule has 0 saturated carbocycles. The predicted molar refractivity (Wildman–Crippen MR) is 78.8 cm³/mol. The molecule has 0 spiro atoms. The molecule has 0 bridgehead atoms. The molecule has 0 radical (unpaired) electrons. The van der Waals surface area contributed by atoms with Gasteiger partial charge in [-0.3, -0.25) is 9.69 Å². The summed E-state index contributed by atoms with van der Waals surface area (Å²) in [6.45, 7) is 0.829. The smallest absolute Gasteiger partial charge is 0.401 e. The first-order valence-corrected chi connectivity index (χ1v) is 7.72. The van der Waals surface area contributed by atoms with E-state index in [9.17, 15) is 18.0 Å². The van der Waals surface area contributed by atoms with Crippen molar-refractivity contribution in [3.8, 4) is 0 Å². The summed E-state index contributed by atoms with van der Waals surface area (Å²) in [5.74, 6) is 0.680. The number of amides is 1. The van der Waals surface area contributed by atoms with Crippen molar-refractivity contribution in [3.63, 3.8) is 0 Å². The number of carbonyl (C=O) groups is 1. The quantitative estimate of drug-likeness (QED) is 0.837. The Balaban J connectivity index is 1.65. The Hall–Kier alpha value is -1.54. The molecule has 2 heterocycles. The first kappa shape index (κ1) is 17.8. The Morgan fingerprint density at radius 2 is 2.09 bits per heavy atom. The SMILES string of the molecule is NCc1cc(C(=O)NCCC2CCN(CC(F)(F)F)CC2)co1. The normalized spacial score (nSPS) is 17.4. The molecule has 130 valence electrons. The monoisotopic (exact) mass is 333 g/mol. The number of hydrogen-bond donors (Lipinski definition) is 2. The fourth-order valence-corrected chi connectivity index (χ4v) is 2.79. The zero-order valence-electron chi connectivity index (χ0n) is 12.9. The highest BCUT2D eigenvalue weighted by Gasteiger charge is 2.32. The average molecular weight is 333 g/mol. The number of nitrogens with two attached hydrogens (primary N) is 1. The van der Waals surface area contributed by atoms with Crippen molar-refractivity contribution < 1.29 is 22.4 Å². The molecule has 5 nitrogen and oxygen atoms in total. The second-order valence-corrected chi connectivity index (χ2v) is 5.89. The lowest BCUT2D eigenvalue weighted by molar-refractivity contribution is -0.148. The molecule has 1 saturated heterocycles. The Kier molecular flexibility index (Phi) is 6.06. The van der Waals surface area contributed by atoms with Crippen LogP contribution in [0.2, 0.25) is 0 Å². The van der Waals surface area contributed by atoms with Crippen molar-refractivity contribution in [3.05, 3.63) is 23.7 Å². The molecule has 0 aromatic carbocycles. The van der Waals surface area contributed by atoms with Crippen LogP contribution in [-0.2, 0) is 6.54 Å². The predicted octanol–water partition coefficient (Wildman–Crippen LogP) is 2.13. The van der Waals surface area contributed by atoms with Crippen LogP contribution in [0.25, 0.3) is 0 Å². The van der Waals surface area contributed by atoms with Crippen LogP contribution in [0.3, 0.4) is 0 Å². The molecule has 1 fully saturated rings. The minimum absolute atomic E-state index is 0.219. The van der Waals surface area contributed by atoms with Gasteiger partial charge in [-0.05, 0) is 44.3 Å². The number of carbonyl (C=O) groups excluding carboxylic acids is 1. The third-order valence-corrected chi connectivity index (χ3v) is 4.07. The molecule has 8 heteroatoms. The summed E-state index contributed by atoms with van der Waals surface area (Å²) >= 11 is 0. The van der Waals surface area contributed by atoms with E-state index in [-0.39, 0.29) is 12.5 Å². The van der Waals surface area contributed by atoms with Crippen LogP contribution >= 0.6 is 0 Å². The van der Waals surface area contributed by atoms with E-state index in [1.165, 1.54) is 11.2 Å². The number of alkyl halides is 3. The van der Waals surface area contributed by atoms with Gasteiger partial charge in [-0.15, -0.1) is 0 Å². The standard InChI is InChI=1S/C15H22F3N3O2/c16-15(17,18)10-21-5-2-11(3-6-21)1-4-20-14(22)12-7-13(8-19)23-9-12/h7,9,11H,1-6,8,10,19H2,(H,20,22). The molecule has 3 N–H and O–H groups in total.